The molecule has 0 aromatic heterocycles. The Morgan fingerprint density at radius 1 is 1.18 bits per heavy atom. The lowest BCUT2D eigenvalue weighted by Crippen LogP contribution is -2.51. The second-order valence-electron chi connectivity index (χ2n) is 11.4. The van der Waals surface area contributed by atoms with E-state index in [2.05, 4.69) is 30.9 Å². The third-order valence-corrected chi connectivity index (χ3v) is 9.82. The highest BCUT2D eigenvalue weighted by molar-refractivity contribution is 5.75. The van der Waals surface area contributed by atoms with Crippen molar-refractivity contribution in [3.8, 4) is 11.5 Å². The Labute approximate surface area is 196 Å². The zero-order valence-corrected chi connectivity index (χ0v) is 20.4. The van der Waals surface area contributed by atoms with Crippen molar-refractivity contribution in [2.24, 2.45) is 23.2 Å². The zero-order chi connectivity index (χ0) is 23.0. The van der Waals surface area contributed by atoms with Crippen LogP contribution < -0.4 is 9.47 Å². The van der Waals surface area contributed by atoms with Gasteiger partial charge in [-0.15, -0.1) is 0 Å². The van der Waals surface area contributed by atoms with Crippen molar-refractivity contribution in [1.29, 1.82) is 0 Å². The number of epoxide rings is 1. The molecule has 6 rings (SSSR count). The van der Waals surface area contributed by atoms with Crippen molar-refractivity contribution in [3.63, 3.8) is 0 Å². The predicted octanol–water partition coefficient (Wildman–Crippen LogP) is 4.15. The summed E-state index contributed by atoms with van der Waals surface area (Å²) in [6.45, 7) is 7.29. The average molecular weight is 456 g/mol. The van der Waals surface area contributed by atoms with Gasteiger partial charge in [0.15, 0.2) is 11.5 Å². The van der Waals surface area contributed by atoms with E-state index in [1.54, 1.807) is 14.2 Å². The monoisotopic (exact) mass is 455 g/mol. The average Bonchev–Trinajstić information content (AvgIpc) is 3.51. The molecule has 1 aromatic carbocycles. The summed E-state index contributed by atoms with van der Waals surface area (Å²) in [7, 11) is 3.37. The smallest absolute Gasteiger partial charge is 0.310 e. The molecule has 0 amide bonds. The van der Waals surface area contributed by atoms with Gasteiger partial charge in [-0.05, 0) is 80.0 Å². The predicted molar refractivity (Wildman–Crippen MR) is 123 cm³/mol. The van der Waals surface area contributed by atoms with E-state index in [0.717, 1.165) is 50.5 Å². The van der Waals surface area contributed by atoms with Gasteiger partial charge < -0.3 is 18.9 Å². The highest BCUT2D eigenvalue weighted by Crippen LogP contribution is 2.63. The van der Waals surface area contributed by atoms with Gasteiger partial charge in [-0.2, -0.15) is 0 Å². The van der Waals surface area contributed by atoms with Crippen LogP contribution >= 0.6 is 0 Å². The number of esters is 1. The van der Waals surface area contributed by atoms with Crippen molar-refractivity contribution in [1.82, 2.24) is 4.90 Å². The van der Waals surface area contributed by atoms with E-state index in [1.807, 2.05) is 0 Å². The highest BCUT2D eigenvalue weighted by Gasteiger charge is 2.65. The second kappa shape index (κ2) is 7.61. The summed E-state index contributed by atoms with van der Waals surface area (Å²) in [5.74, 6) is 2.41. The molecule has 5 aliphatic rings. The van der Waals surface area contributed by atoms with Crippen LogP contribution in [0.4, 0.5) is 0 Å². The maximum Gasteiger partial charge on any atom is 0.310 e. The lowest BCUT2D eigenvalue weighted by atomic mass is 9.53. The minimum absolute atomic E-state index is 0.0170. The van der Waals surface area contributed by atoms with Crippen molar-refractivity contribution < 1.29 is 23.7 Å². The van der Waals surface area contributed by atoms with Crippen LogP contribution in [0.5, 0.6) is 11.5 Å². The van der Waals surface area contributed by atoms with E-state index in [-0.39, 0.29) is 35.0 Å². The number of fused-ring (bicyclic) bond motifs is 4. The van der Waals surface area contributed by atoms with E-state index in [9.17, 15) is 4.79 Å². The molecule has 180 valence electrons. The Morgan fingerprint density at radius 2 is 1.94 bits per heavy atom. The number of carbonyl (C=O) groups excluding carboxylic acids is 1. The fourth-order valence-electron chi connectivity index (χ4n) is 7.86. The number of hydrogen-bond donors (Lipinski definition) is 0. The Kier molecular flexibility index (Phi) is 5.01. The number of ether oxygens (including phenoxy) is 4. The number of hydrogen-bond acceptors (Lipinski definition) is 6. The van der Waals surface area contributed by atoms with Crippen LogP contribution in [-0.2, 0) is 20.7 Å². The van der Waals surface area contributed by atoms with E-state index >= 15 is 0 Å². The molecule has 0 bridgehead atoms. The molecule has 33 heavy (non-hydrogen) atoms. The van der Waals surface area contributed by atoms with Crippen LogP contribution in [0.25, 0.3) is 0 Å². The topological polar surface area (TPSA) is 60.5 Å². The minimum atomic E-state index is -0.0404. The quantitative estimate of drug-likeness (QED) is 0.502. The first kappa shape index (κ1) is 21.7. The van der Waals surface area contributed by atoms with Crippen LogP contribution in [0.3, 0.4) is 0 Å². The lowest BCUT2D eigenvalue weighted by Gasteiger charge is -2.51. The fraction of sp³-hybridized carbons (Fsp3) is 0.741. The summed E-state index contributed by atoms with van der Waals surface area (Å²) in [6.07, 6.45) is 6.77. The first-order chi connectivity index (χ1) is 15.9. The molecule has 0 N–H and O–H groups in total. The van der Waals surface area contributed by atoms with Crippen molar-refractivity contribution >= 4 is 5.97 Å². The van der Waals surface area contributed by atoms with Crippen LogP contribution in [0.2, 0.25) is 0 Å². The zero-order valence-electron chi connectivity index (χ0n) is 20.4. The molecule has 4 fully saturated rings. The standard InChI is InChI=1S/C27H37NO5/c1-16-18-11-22(31-4)21(30-3)10-17(18)6-9-28(16)14-20-19-12-24-26(2,13-23(19)33-25(20)29)7-5-8-27(24)15-32-27/h10-11,16,19-20,23-24H,5-9,12-15H2,1-4H3/t16-,19-,20-,23+,24-,26+,27-/m0/s1. The van der Waals surface area contributed by atoms with Gasteiger partial charge in [0.05, 0.1) is 32.3 Å². The molecule has 2 aliphatic carbocycles. The first-order valence-electron chi connectivity index (χ1n) is 12.7. The Morgan fingerprint density at radius 3 is 2.67 bits per heavy atom. The number of nitrogens with zero attached hydrogens (tertiary/aromatic N) is 1. The number of methoxy groups -OCH3 is 2. The number of carbonyl (C=O) groups is 1. The van der Waals surface area contributed by atoms with E-state index in [4.69, 9.17) is 18.9 Å². The first-order valence-corrected chi connectivity index (χ1v) is 12.7. The molecule has 7 atom stereocenters. The fourth-order valence-corrected chi connectivity index (χ4v) is 7.86. The van der Waals surface area contributed by atoms with Gasteiger partial charge in [0, 0.05) is 25.0 Å². The molecular weight excluding hydrogens is 418 g/mol. The molecule has 2 saturated carbocycles. The summed E-state index contributed by atoms with van der Waals surface area (Å²) < 4.78 is 23.2. The van der Waals surface area contributed by atoms with Crippen LogP contribution in [0, 0.1) is 23.2 Å². The van der Waals surface area contributed by atoms with Crippen molar-refractivity contribution in [2.75, 3.05) is 33.9 Å². The molecule has 6 nitrogen and oxygen atoms in total. The highest BCUT2D eigenvalue weighted by atomic mass is 16.6. The van der Waals surface area contributed by atoms with Gasteiger partial charge in [0.1, 0.15) is 6.10 Å². The molecule has 1 spiro atoms. The lowest BCUT2D eigenvalue weighted by molar-refractivity contribution is -0.147. The number of rotatable bonds is 4. The van der Waals surface area contributed by atoms with Crippen LogP contribution in [0.1, 0.15) is 63.1 Å². The van der Waals surface area contributed by atoms with E-state index in [1.165, 1.54) is 30.4 Å². The normalized spacial score (nSPS) is 41.7. The Balaban J connectivity index is 1.22. The number of benzene rings is 1. The summed E-state index contributed by atoms with van der Waals surface area (Å²) in [5.41, 5.74) is 2.93. The largest absolute Gasteiger partial charge is 0.493 e. The summed E-state index contributed by atoms with van der Waals surface area (Å²) in [6, 6.07) is 4.45. The molecule has 3 aliphatic heterocycles. The second-order valence-corrected chi connectivity index (χ2v) is 11.4. The SMILES string of the molecule is COc1cc2c(cc1OC)[C@H](C)N(C[C@@H]1C(=O)O[C@@H]3C[C@@]4(C)CCC[C@]5(CO5)[C@H]4C[C@@H]13)CC2. The summed E-state index contributed by atoms with van der Waals surface area (Å²) in [4.78, 5) is 15.6. The van der Waals surface area contributed by atoms with Gasteiger partial charge >= 0.3 is 5.97 Å². The molecular formula is C27H37NO5. The maximum absolute atomic E-state index is 13.1. The molecule has 3 heterocycles. The molecule has 6 heteroatoms. The Hall–Kier alpha value is -1.79. The minimum Gasteiger partial charge on any atom is -0.493 e. The molecule has 1 aromatic rings. The van der Waals surface area contributed by atoms with Crippen molar-refractivity contribution in [2.45, 2.75) is 70.1 Å². The van der Waals surface area contributed by atoms with E-state index < -0.39 is 0 Å². The molecule has 2 saturated heterocycles. The summed E-state index contributed by atoms with van der Waals surface area (Å²) in [5, 5.41) is 0. The van der Waals surface area contributed by atoms with Gasteiger partial charge in [-0.3, -0.25) is 9.69 Å². The summed E-state index contributed by atoms with van der Waals surface area (Å²) >= 11 is 0. The van der Waals surface area contributed by atoms with Crippen LogP contribution in [0.15, 0.2) is 12.1 Å². The Bertz CT molecular complexity index is 958. The van der Waals surface area contributed by atoms with Gasteiger partial charge in [0.2, 0.25) is 0 Å². The van der Waals surface area contributed by atoms with Gasteiger partial charge in [0.25, 0.3) is 0 Å². The van der Waals surface area contributed by atoms with Crippen molar-refractivity contribution in [3.05, 3.63) is 23.3 Å². The van der Waals surface area contributed by atoms with E-state index in [0.29, 0.717) is 11.8 Å². The van der Waals surface area contributed by atoms with Crippen LogP contribution in [-0.4, -0.2) is 56.5 Å². The van der Waals surface area contributed by atoms with Gasteiger partial charge in [-0.25, -0.2) is 0 Å². The molecule has 0 unspecified atom stereocenters. The van der Waals surface area contributed by atoms with Gasteiger partial charge in [-0.1, -0.05) is 6.92 Å². The molecule has 0 radical (unpaired) electrons. The maximum atomic E-state index is 13.1. The third kappa shape index (κ3) is 3.31. The third-order valence-electron chi connectivity index (χ3n) is 9.82.